The van der Waals surface area contributed by atoms with Crippen LogP contribution in [-0.4, -0.2) is 18.5 Å². The Kier molecular flexibility index (Phi) is 5.80. The molecule has 0 atom stereocenters. The Morgan fingerprint density at radius 2 is 1.61 bits per heavy atom. The van der Waals surface area contributed by atoms with Crippen molar-refractivity contribution in [1.29, 1.82) is 0 Å². The molecule has 3 heteroatoms. The van der Waals surface area contributed by atoms with Gasteiger partial charge in [0, 0.05) is 5.92 Å². The van der Waals surface area contributed by atoms with Crippen LogP contribution in [0.15, 0.2) is 48.5 Å². The van der Waals surface area contributed by atoms with Gasteiger partial charge in [0.25, 0.3) is 0 Å². The lowest BCUT2D eigenvalue weighted by atomic mass is 10.1. The Balaban J connectivity index is 2.06. The summed E-state index contributed by atoms with van der Waals surface area (Å²) in [6, 6.07) is 15.8. The molecule has 0 radical (unpaired) electrons. The van der Waals surface area contributed by atoms with Crippen molar-refractivity contribution in [2.24, 2.45) is 5.92 Å². The summed E-state index contributed by atoms with van der Waals surface area (Å²) < 4.78 is 11.2. The van der Waals surface area contributed by atoms with Gasteiger partial charge in [0.2, 0.25) is 0 Å². The molecule has 0 aromatic heterocycles. The van der Waals surface area contributed by atoms with Crippen molar-refractivity contribution >= 4 is 5.78 Å². The number of hydrogen-bond acceptors (Lipinski definition) is 3. The summed E-state index contributed by atoms with van der Waals surface area (Å²) in [7, 11) is 0. The Morgan fingerprint density at radius 3 is 2.22 bits per heavy atom. The molecule has 2 aromatic carbocycles. The normalized spacial score (nSPS) is 10.9. The first-order chi connectivity index (χ1) is 11.0. The highest BCUT2D eigenvalue weighted by Crippen LogP contribution is 2.26. The van der Waals surface area contributed by atoms with E-state index in [2.05, 4.69) is 0 Å². The third kappa shape index (κ3) is 5.13. The fourth-order valence-corrected chi connectivity index (χ4v) is 2.09. The molecule has 0 spiro atoms. The fourth-order valence-electron chi connectivity index (χ4n) is 2.09. The third-order valence-corrected chi connectivity index (χ3v) is 3.42. The summed E-state index contributed by atoms with van der Waals surface area (Å²) in [5.74, 6) is 1.67. The largest absolute Gasteiger partial charge is 0.491 e. The van der Waals surface area contributed by atoms with Gasteiger partial charge in [-0.3, -0.25) is 4.79 Å². The van der Waals surface area contributed by atoms with Crippen LogP contribution in [0.25, 0.3) is 11.1 Å². The average Bonchev–Trinajstić information content (AvgIpc) is 2.52. The molecule has 0 aliphatic rings. The molecule has 122 valence electrons. The average molecular weight is 312 g/mol. The maximum atomic E-state index is 11.6. The number of carbonyl (C=O) groups is 1. The number of ether oxygens (including phenoxy) is 2. The predicted molar refractivity (Wildman–Crippen MR) is 93.0 cm³/mol. The Morgan fingerprint density at radius 1 is 0.913 bits per heavy atom. The van der Waals surface area contributed by atoms with Crippen LogP contribution in [0.3, 0.4) is 0 Å². The number of Topliss-reactive ketones (excluding diaryl/α,β-unsaturated/α-hetero) is 1. The van der Waals surface area contributed by atoms with Gasteiger partial charge in [-0.05, 0) is 49.2 Å². The summed E-state index contributed by atoms with van der Waals surface area (Å²) >= 11 is 0. The van der Waals surface area contributed by atoms with Gasteiger partial charge in [0.05, 0.1) is 6.10 Å². The minimum absolute atomic E-state index is 0.00188. The molecule has 0 fully saturated rings. The van der Waals surface area contributed by atoms with E-state index in [1.807, 2.05) is 76.2 Å². The zero-order valence-corrected chi connectivity index (χ0v) is 14.2. The minimum atomic E-state index is -0.00188. The van der Waals surface area contributed by atoms with Gasteiger partial charge >= 0.3 is 0 Å². The van der Waals surface area contributed by atoms with Crippen LogP contribution < -0.4 is 9.47 Å². The van der Waals surface area contributed by atoms with Crippen molar-refractivity contribution in [2.75, 3.05) is 6.61 Å². The zero-order chi connectivity index (χ0) is 16.8. The van der Waals surface area contributed by atoms with Crippen molar-refractivity contribution < 1.29 is 14.3 Å². The van der Waals surface area contributed by atoms with E-state index < -0.39 is 0 Å². The van der Waals surface area contributed by atoms with Gasteiger partial charge in [-0.2, -0.15) is 0 Å². The first-order valence-electron chi connectivity index (χ1n) is 7.98. The molecule has 0 aliphatic carbocycles. The molecule has 0 saturated carbocycles. The summed E-state index contributed by atoms with van der Waals surface area (Å²) in [4.78, 5) is 11.6. The molecule has 0 N–H and O–H groups in total. The van der Waals surface area contributed by atoms with E-state index in [0.29, 0.717) is 5.75 Å². The van der Waals surface area contributed by atoms with Crippen LogP contribution in [0.4, 0.5) is 0 Å². The number of hydrogen-bond donors (Lipinski definition) is 0. The highest BCUT2D eigenvalue weighted by atomic mass is 16.5. The lowest BCUT2D eigenvalue weighted by Gasteiger charge is -2.11. The molecule has 23 heavy (non-hydrogen) atoms. The molecule has 0 saturated heterocycles. The highest BCUT2D eigenvalue weighted by molar-refractivity contribution is 5.81. The van der Waals surface area contributed by atoms with Gasteiger partial charge in [0.15, 0.2) is 5.78 Å². The first kappa shape index (κ1) is 17.1. The fraction of sp³-hybridized carbons (Fsp3) is 0.350. The predicted octanol–water partition coefficient (Wildman–Crippen LogP) is 4.74. The Labute approximate surface area is 138 Å². The highest BCUT2D eigenvalue weighted by Gasteiger charge is 2.08. The van der Waals surface area contributed by atoms with Gasteiger partial charge in [-0.25, -0.2) is 0 Å². The second-order valence-electron chi connectivity index (χ2n) is 6.13. The van der Waals surface area contributed by atoms with E-state index in [1.165, 1.54) is 0 Å². The Bertz CT molecular complexity index is 642. The van der Waals surface area contributed by atoms with Crippen LogP contribution in [0.1, 0.15) is 27.7 Å². The summed E-state index contributed by atoms with van der Waals surface area (Å²) in [6.45, 7) is 7.89. The number of benzene rings is 2. The number of rotatable bonds is 7. The van der Waals surface area contributed by atoms with Crippen LogP contribution in [0.5, 0.6) is 11.5 Å². The molecule has 2 aromatic rings. The Hall–Kier alpha value is -2.29. The third-order valence-electron chi connectivity index (χ3n) is 3.42. The monoisotopic (exact) mass is 312 g/mol. The lowest BCUT2D eigenvalue weighted by molar-refractivity contribution is -0.123. The molecule has 0 aliphatic heterocycles. The van der Waals surface area contributed by atoms with Crippen molar-refractivity contribution in [3.8, 4) is 22.6 Å². The van der Waals surface area contributed by atoms with Gasteiger partial charge in [-0.15, -0.1) is 0 Å². The van der Waals surface area contributed by atoms with Crippen molar-refractivity contribution in [3.63, 3.8) is 0 Å². The summed E-state index contributed by atoms with van der Waals surface area (Å²) in [6.07, 6.45) is 0.152. The molecule has 0 amide bonds. The second-order valence-corrected chi connectivity index (χ2v) is 6.13. The van der Waals surface area contributed by atoms with E-state index in [1.54, 1.807) is 0 Å². The van der Waals surface area contributed by atoms with Crippen molar-refractivity contribution in [2.45, 2.75) is 33.8 Å². The van der Waals surface area contributed by atoms with Gasteiger partial charge < -0.3 is 9.47 Å². The van der Waals surface area contributed by atoms with Crippen LogP contribution in [0, 0.1) is 5.92 Å². The molecule has 3 nitrogen and oxygen atoms in total. The number of ketones is 1. The quantitative estimate of drug-likeness (QED) is 0.740. The van der Waals surface area contributed by atoms with Crippen molar-refractivity contribution in [1.82, 2.24) is 0 Å². The molecule has 0 heterocycles. The van der Waals surface area contributed by atoms with Crippen LogP contribution in [-0.2, 0) is 4.79 Å². The lowest BCUT2D eigenvalue weighted by Crippen LogP contribution is -2.16. The molecular weight excluding hydrogens is 288 g/mol. The first-order valence-corrected chi connectivity index (χ1v) is 7.98. The molecule has 0 bridgehead atoms. The van der Waals surface area contributed by atoms with E-state index in [0.717, 1.165) is 16.9 Å². The standard InChI is InChI=1S/C20H24O3/c1-14(2)20(21)13-22-18-10-8-16(9-11-18)17-6-5-7-19(12-17)23-15(3)4/h5-12,14-15H,13H2,1-4H3. The zero-order valence-electron chi connectivity index (χ0n) is 14.2. The van der Waals surface area contributed by atoms with E-state index in [4.69, 9.17) is 9.47 Å². The van der Waals surface area contributed by atoms with Gasteiger partial charge in [-0.1, -0.05) is 38.1 Å². The van der Waals surface area contributed by atoms with Gasteiger partial charge in [0.1, 0.15) is 18.1 Å². The van der Waals surface area contributed by atoms with E-state index in [-0.39, 0.29) is 24.4 Å². The maximum absolute atomic E-state index is 11.6. The maximum Gasteiger partial charge on any atom is 0.172 e. The SMILES string of the molecule is CC(C)Oc1cccc(-c2ccc(OCC(=O)C(C)C)cc2)c1. The molecular formula is C20H24O3. The minimum Gasteiger partial charge on any atom is -0.491 e. The summed E-state index contributed by atoms with van der Waals surface area (Å²) in [5, 5.41) is 0. The summed E-state index contributed by atoms with van der Waals surface area (Å²) in [5.41, 5.74) is 2.18. The second kappa shape index (κ2) is 7.82. The van der Waals surface area contributed by atoms with E-state index >= 15 is 0 Å². The van der Waals surface area contributed by atoms with Crippen LogP contribution >= 0.6 is 0 Å². The topological polar surface area (TPSA) is 35.5 Å². The smallest absolute Gasteiger partial charge is 0.172 e. The molecule has 0 unspecified atom stereocenters. The van der Waals surface area contributed by atoms with Crippen LogP contribution in [0.2, 0.25) is 0 Å². The van der Waals surface area contributed by atoms with E-state index in [9.17, 15) is 4.79 Å². The number of carbonyl (C=O) groups excluding carboxylic acids is 1. The van der Waals surface area contributed by atoms with Crippen molar-refractivity contribution in [3.05, 3.63) is 48.5 Å². The molecule has 2 rings (SSSR count).